The third kappa shape index (κ3) is 2.39. The Bertz CT molecular complexity index is 347. The fourth-order valence-corrected chi connectivity index (χ4v) is 0.928. The van der Waals surface area contributed by atoms with Crippen LogP contribution in [-0.2, 0) is 0 Å². The largest absolute Gasteiger partial charge is 0.508 e. The molecule has 1 aromatic rings. The lowest BCUT2D eigenvalue weighted by molar-refractivity contribution is 0.350. The maximum atomic E-state index is 9.15. The Labute approximate surface area is 76.6 Å². The van der Waals surface area contributed by atoms with Crippen molar-refractivity contribution < 1.29 is 14.9 Å². The third-order valence-electron chi connectivity index (χ3n) is 1.49. The molecule has 0 aliphatic rings. The van der Waals surface area contributed by atoms with Gasteiger partial charge < -0.3 is 14.9 Å². The van der Waals surface area contributed by atoms with Gasteiger partial charge in [0.2, 0.25) is 0 Å². The highest BCUT2D eigenvalue weighted by atomic mass is 16.5. The zero-order chi connectivity index (χ0) is 9.68. The zero-order valence-corrected chi connectivity index (χ0v) is 7.24. The van der Waals surface area contributed by atoms with E-state index in [0.29, 0.717) is 11.3 Å². The second kappa shape index (κ2) is 4.39. The van der Waals surface area contributed by atoms with E-state index < -0.39 is 0 Å². The molecule has 0 amide bonds. The topological polar surface area (TPSA) is 49.7 Å². The summed E-state index contributed by atoms with van der Waals surface area (Å²) in [6, 6.07) is 4.63. The molecule has 13 heavy (non-hydrogen) atoms. The molecular formula is C10H10O3. The average Bonchev–Trinajstić information content (AvgIpc) is 2.15. The van der Waals surface area contributed by atoms with E-state index in [2.05, 4.69) is 11.8 Å². The summed E-state index contributed by atoms with van der Waals surface area (Å²) in [6.07, 6.45) is 0. The number of methoxy groups -OCH3 is 1. The number of rotatable bonds is 1. The lowest BCUT2D eigenvalue weighted by Crippen LogP contribution is -1.87. The first-order valence-corrected chi connectivity index (χ1v) is 3.74. The molecular weight excluding hydrogens is 168 g/mol. The second-order valence-electron chi connectivity index (χ2n) is 2.34. The molecule has 0 atom stereocenters. The molecule has 0 radical (unpaired) electrons. The summed E-state index contributed by atoms with van der Waals surface area (Å²) in [7, 11) is 1.52. The predicted octanol–water partition coefficient (Wildman–Crippen LogP) is 0.745. The molecule has 0 bridgehead atoms. The highest BCUT2D eigenvalue weighted by Crippen LogP contribution is 2.21. The van der Waals surface area contributed by atoms with Gasteiger partial charge in [-0.05, 0) is 18.2 Å². The van der Waals surface area contributed by atoms with Crippen molar-refractivity contribution in [1.29, 1.82) is 0 Å². The van der Waals surface area contributed by atoms with Gasteiger partial charge in [0, 0.05) is 0 Å². The lowest BCUT2D eigenvalue weighted by atomic mass is 10.2. The van der Waals surface area contributed by atoms with Gasteiger partial charge in [-0.2, -0.15) is 0 Å². The normalized spacial score (nSPS) is 8.77. The Kier molecular flexibility index (Phi) is 3.18. The summed E-state index contributed by atoms with van der Waals surface area (Å²) in [5.74, 6) is 5.86. The van der Waals surface area contributed by atoms with Crippen molar-refractivity contribution in [2.45, 2.75) is 0 Å². The van der Waals surface area contributed by atoms with Crippen LogP contribution in [0.4, 0.5) is 0 Å². The van der Waals surface area contributed by atoms with Crippen molar-refractivity contribution in [2.75, 3.05) is 13.7 Å². The van der Waals surface area contributed by atoms with Crippen LogP contribution < -0.4 is 4.74 Å². The Balaban J connectivity index is 3.08. The van der Waals surface area contributed by atoms with Gasteiger partial charge in [-0.1, -0.05) is 11.8 Å². The maximum absolute atomic E-state index is 9.15. The predicted molar refractivity (Wildman–Crippen MR) is 48.6 cm³/mol. The molecule has 0 spiro atoms. The van der Waals surface area contributed by atoms with Crippen LogP contribution in [0.15, 0.2) is 18.2 Å². The van der Waals surface area contributed by atoms with E-state index in [4.69, 9.17) is 14.9 Å². The minimum absolute atomic E-state index is 0.128. The van der Waals surface area contributed by atoms with Crippen LogP contribution in [0.5, 0.6) is 11.5 Å². The van der Waals surface area contributed by atoms with Crippen molar-refractivity contribution in [3.8, 4) is 23.3 Å². The number of aliphatic hydroxyl groups excluding tert-OH is 1. The Morgan fingerprint density at radius 3 is 2.85 bits per heavy atom. The van der Waals surface area contributed by atoms with Crippen molar-refractivity contribution >= 4 is 0 Å². The molecule has 0 fully saturated rings. The molecule has 1 rings (SSSR count). The highest BCUT2D eigenvalue weighted by molar-refractivity contribution is 5.49. The molecule has 0 aromatic heterocycles. The molecule has 0 unspecified atom stereocenters. The summed E-state index contributed by atoms with van der Waals surface area (Å²) in [5.41, 5.74) is 0.566. The monoisotopic (exact) mass is 178 g/mol. The van der Waals surface area contributed by atoms with Crippen LogP contribution in [0.1, 0.15) is 5.56 Å². The molecule has 3 nitrogen and oxygen atoms in total. The van der Waals surface area contributed by atoms with E-state index >= 15 is 0 Å². The molecule has 0 aliphatic carbocycles. The van der Waals surface area contributed by atoms with E-state index in [1.165, 1.54) is 19.2 Å². The number of aliphatic hydroxyl groups is 1. The van der Waals surface area contributed by atoms with E-state index in [0.717, 1.165) is 0 Å². The standard InChI is InChI=1S/C10H10O3/c1-13-10-5-4-9(12)7-8(10)3-2-6-11/h4-5,7,11-12H,6H2,1H3. The molecule has 0 saturated carbocycles. The third-order valence-corrected chi connectivity index (χ3v) is 1.49. The van der Waals surface area contributed by atoms with Gasteiger partial charge in [0.1, 0.15) is 18.1 Å². The summed E-state index contributed by atoms with van der Waals surface area (Å²) in [5, 5.41) is 17.6. The number of benzene rings is 1. The van der Waals surface area contributed by atoms with Gasteiger partial charge in [-0.15, -0.1) is 0 Å². The number of phenolic OH excluding ortho intramolecular Hbond substituents is 1. The first-order valence-electron chi connectivity index (χ1n) is 3.74. The van der Waals surface area contributed by atoms with Crippen molar-refractivity contribution in [1.82, 2.24) is 0 Å². The highest BCUT2D eigenvalue weighted by Gasteiger charge is 1.99. The SMILES string of the molecule is COc1ccc(O)cc1C#CCO. The van der Waals surface area contributed by atoms with Crippen LogP contribution in [-0.4, -0.2) is 23.9 Å². The first-order chi connectivity index (χ1) is 6.27. The minimum Gasteiger partial charge on any atom is -0.508 e. The molecule has 68 valence electrons. The second-order valence-corrected chi connectivity index (χ2v) is 2.34. The van der Waals surface area contributed by atoms with Crippen LogP contribution in [0, 0.1) is 11.8 Å². The van der Waals surface area contributed by atoms with Gasteiger partial charge in [0.15, 0.2) is 0 Å². The molecule has 0 aliphatic heterocycles. The number of hydrogen-bond acceptors (Lipinski definition) is 3. The summed E-state index contributed by atoms with van der Waals surface area (Å²) >= 11 is 0. The summed E-state index contributed by atoms with van der Waals surface area (Å²) in [6.45, 7) is -0.210. The molecule has 0 heterocycles. The molecule has 3 heteroatoms. The van der Waals surface area contributed by atoms with E-state index in [1.54, 1.807) is 6.07 Å². The zero-order valence-electron chi connectivity index (χ0n) is 7.24. The Morgan fingerprint density at radius 1 is 1.46 bits per heavy atom. The van der Waals surface area contributed by atoms with Crippen LogP contribution in [0.3, 0.4) is 0 Å². The van der Waals surface area contributed by atoms with Gasteiger partial charge in [-0.25, -0.2) is 0 Å². The minimum atomic E-state index is -0.210. The number of ether oxygens (including phenoxy) is 1. The number of aromatic hydroxyl groups is 1. The number of phenols is 1. The van der Waals surface area contributed by atoms with E-state index in [-0.39, 0.29) is 12.4 Å². The molecule has 1 aromatic carbocycles. The quantitative estimate of drug-likeness (QED) is 0.624. The van der Waals surface area contributed by atoms with E-state index in [9.17, 15) is 0 Å². The van der Waals surface area contributed by atoms with Gasteiger partial charge in [0.05, 0.1) is 12.7 Å². The summed E-state index contributed by atoms with van der Waals surface area (Å²) < 4.78 is 5.00. The average molecular weight is 178 g/mol. The lowest BCUT2D eigenvalue weighted by Gasteiger charge is -2.02. The Morgan fingerprint density at radius 2 is 2.23 bits per heavy atom. The fourth-order valence-electron chi connectivity index (χ4n) is 0.928. The van der Waals surface area contributed by atoms with Crippen molar-refractivity contribution in [2.24, 2.45) is 0 Å². The van der Waals surface area contributed by atoms with Crippen molar-refractivity contribution in [3.63, 3.8) is 0 Å². The first kappa shape index (κ1) is 9.43. The Hall–Kier alpha value is -1.66. The smallest absolute Gasteiger partial charge is 0.134 e. The van der Waals surface area contributed by atoms with Gasteiger partial charge >= 0.3 is 0 Å². The van der Waals surface area contributed by atoms with Crippen molar-refractivity contribution in [3.05, 3.63) is 23.8 Å². The van der Waals surface area contributed by atoms with Crippen LogP contribution in [0.2, 0.25) is 0 Å². The fraction of sp³-hybridized carbons (Fsp3) is 0.200. The van der Waals surface area contributed by atoms with Gasteiger partial charge in [-0.3, -0.25) is 0 Å². The van der Waals surface area contributed by atoms with Gasteiger partial charge in [0.25, 0.3) is 0 Å². The van der Waals surface area contributed by atoms with Crippen LogP contribution >= 0.6 is 0 Å². The molecule has 0 saturated heterocycles. The van der Waals surface area contributed by atoms with Crippen LogP contribution in [0.25, 0.3) is 0 Å². The van der Waals surface area contributed by atoms with E-state index in [1.807, 2.05) is 0 Å². The molecule has 2 N–H and O–H groups in total. The maximum Gasteiger partial charge on any atom is 0.134 e. The summed E-state index contributed by atoms with van der Waals surface area (Å²) in [4.78, 5) is 0. The number of hydrogen-bond donors (Lipinski definition) is 2.